The quantitative estimate of drug-likeness (QED) is 0.586. The fourth-order valence-electron chi connectivity index (χ4n) is 2.45. The molecule has 4 rings (SSSR count). The first kappa shape index (κ1) is 16.2. The van der Waals surface area contributed by atoms with Gasteiger partial charge >= 0.3 is 0 Å². The van der Waals surface area contributed by atoms with E-state index in [2.05, 4.69) is 31.9 Å². The zero-order valence-electron chi connectivity index (χ0n) is 13.9. The predicted octanol–water partition coefficient (Wildman–Crippen LogP) is 3.72. The number of hydrogen-bond donors (Lipinski definition) is 1. The van der Waals surface area contributed by atoms with Crippen LogP contribution in [-0.4, -0.2) is 26.4 Å². The molecule has 1 N–H and O–H groups in total. The molecule has 0 aliphatic heterocycles. The van der Waals surface area contributed by atoms with Crippen molar-refractivity contribution in [2.45, 2.75) is 13.8 Å². The van der Waals surface area contributed by atoms with Gasteiger partial charge in [-0.05, 0) is 37.6 Å². The van der Waals surface area contributed by atoms with Gasteiger partial charge in [-0.1, -0.05) is 5.16 Å². The lowest BCUT2D eigenvalue weighted by molar-refractivity contribution is 0.0986. The predicted molar refractivity (Wildman–Crippen MR) is 94.8 cm³/mol. The molecule has 0 saturated heterocycles. The van der Waals surface area contributed by atoms with Crippen LogP contribution < -0.4 is 5.32 Å². The maximum Gasteiger partial charge on any atom is 0.297 e. The highest BCUT2D eigenvalue weighted by atomic mass is 32.1. The van der Waals surface area contributed by atoms with Gasteiger partial charge in [0, 0.05) is 28.0 Å². The lowest BCUT2D eigenvalue weighted by atomic mass is 10.1. The second-order valence-electron chi connectivity index (χ2n) is 5.57. The summed E-state index contributed by atoms with van der Waals surface area (Å²) in [7, 11) is 0. The number of aryl methyl sites for hydroxylation is 2. The largest absolute Gasteiger partial charge is 0.355 e. The Hall–Kier alpha value is -3.33. The highest BCUT2D eigenvalue weighted by Crippen LogP contribution is 2.37. The molecule has 0 unspecified atom stereocenters. The summed E-state index contributed by atoms with van der Waals surface area (Å²) in [4.78, 5) is 18.5. The third-order valence-corrected chi connectivity index (χ3v) is 5.02. The van der Waals surface area contributed by atoms with Crippen LogP contribution in [0.25, 0.3) is 21.1 Å². The van der Waals surface area contributed by atoms with Gasteiger partial charge in [0.05, 0.1) is 11.1 Å². The number of carbonyl (C=O) groups is 1. The topological polar surface area (TPSA) is 107 Å². The van der Waals surface area contributed by atoms with Crippen molar-refractivity contribution in [1.82, 2.24) is 20.5 Å². The fourth-order valence-corrected chi connectivity index (χ4v) is 3.57. The number of rotatable bonds is 4. The van der Waals surface area contributed by atoms with E-state index < -0.39 is 5.91 Å². The molecule has 0 atom stereocenters. The molecule has 9 heteroatoms. The molecule has 0 saturated carbocycles. The van der Waals surface area contributed by atoms with Crippen LogP contribution in [0.1, 0.15) is 21.8 Å². The summed E-state index contributed by atoms with van der Waals surface area (Å²) < 4.78 is 10.0. The van der Waals surface area contributed by atoms with Crippen molar-refractivity contribution in [3.05, 3.63) is 53.7 Å². The van der Waals surface area contributed by atoms with E-state index in [9.17, 15) is 4.79 Å². The number of thiophene rings is 1. The molecule has 0 spiro atoms. The van der Waals surface area contributed by atoms with Gasteiger partial charge in [-0.3, -0.25) is 4.79 Å². The summed E-state index contributed by atoms with van der Waals surface area (Å²) in [5, 5.41) is 13.4. The van der Waals surface area contributed by atoms with Crippen LogP contribution in [0.15, 0.2) is 45.7 Å². The third-order valence-electron chi connectivity index (χ3n) is 3.72. The number of nitrogens with zero attached hydrogens (tertiary/aromatic N) is 4. The molecule has 8 nitrogen and oxygen atoms in total. The van der Waals surface area contributed by atoms with Gasteiger partial charge in [0.2, 0.25) is 5.76 Å². The van der Waals surface area contributed by atoms with E-state index in [0.29, 0.717) is 11.5 Å². The van der Waals surface area contributed by atoms with Crippen LogP contribution in [0.2, 0.25) is 0 Å². The average molecular weight is 367 g/mol. The first-order valence-corrected chi connectivity index (χ1v) is 8.51. The summed E-state index contributed by atoms with van der Waals surface area (Å²) in [6.07, 6.45) is 3.33. The molecule has 0 aliphatic carbocycles. The fraction of sp³-hybridized carbons (Fsp3) is 0.118. The van der Waals surface area contributed by atoms with Crippen molar-refractivity contribution in [3.8, 4) is 21.1 Å². The molecule has 4 heterocycles. The molecule has 1 amide bonds. The Kier molecular flexibility index (Phi) is 4.05. The number of anilines is 1. The van der Waals surface area contributed by atoms with Crippen molar-refractivity contribution in [1.29, 1.82) is 0 Å². The van der Waals surface area contributed by atoms with E-state index in [1.54, 1.807) is 36.7 Å². The monoisotopic (exact) mass is 367 g/mol. The van der Waals surface area contributed by atoms with Gasteiger partial charge in [0.15, 0.2) is 5.76 Å². The second kappa shape index (κ2) is 6.52. The van der Waals surface area contributed by atoms with Crippen molar-refractivity contribution < 1.29 is 13.8 Å². The summed E-state index contributed by atoms with van der Waals surface area (Å²) >= 11 is 1.60. The van der Waals surface area contributed by atoms with Crippen molar-refractivity contribution in [2.24, 2.45) is 0 Å². The van der Waals surface area contributed by atoms with Gasteiger partial charge in [-0.2, -0.15) is 0 Å². The zero-order chi connectivity index (χ0) is 18.1. The van der Waals surface area contributed by atoms with E-state index in [1.807, 2.05) is 19.1 Å². The molecule has 0 aliphatic rings. The Morgan fingerprint density at radius 1 is 1.19 bits per heavy atom. The minimum atomic E-state index is -0.437. The molecule has 4 aromatic rings. The van der Waals surface area contributed by atoms with Crippen LogP contribution in [0.4, 0.5) is 5.82 Å². The van der Waals surface area contributed by atoms with Crippen LogP contribution >= 0.6 is 11.3 Å². The normalized spacial score (nSPS) is 10.8. The maximum atomic E-state index is 12.1. The Morgan fingerprint density at radius 2 is 2.08 bits per heavy atom. The number of carbonyl (C=O) groups excluding carboxylic acids is 1. The molecule has 0 radical (unpaired) electrons. The van der Waals surface area contributed by atoms with Gasteiger partial charge in [0.1, 0.15) is 11.5 Å². The van der Waals surface area contributed by atoms with Gasteiger partial charge < -0.3 is 14.4 Å². The van der Waals surface area contributed by atoms with Crippen molar-refractivity contribution >= 4 is 23.1 Å². The molecular weight excluding hydrogens is 354 g/mol. The van der Waals surface area contributed by atoms with Gasteiger partial charge in [-0.25, -0.2) is 4.98 Å². The third kappa shape index (κ3) is 3.00. The molecule has 4 aromatic heterocycles. The van der Waals surface area contributed by atoms with E-state index in [4.69, 9.17) is 9.05 Å². The lowest BCUT2D eigenvalue weighted by Crippen LogP contribution is -2.13. The number of pyridine rings is 1. The summed E-state index contributed by atoms with van der Waals surface area (Å²) in [5.74, 6) is 0.783. The smallest absolute Gasteiger partial charge is 0.297 e. The van der Waals surface area contributed by atoms with E-state index >= 15 is 0 Å². The van der Waals surface area contributed by atoms with Crippen LogP contribution in [0.3, 0.4) is 0 Å². The highest BCUT2D eigenvalue weighted by Gasteiger charge is 2.17. The molecule has 26 heavy (non-hydrogen) atoms. The van der Waals surface area contributed by atoms with Crippen LogP contribution in [0, 0.1) is 13.8 Å². The van der Waals surface area contributed by atoms with E-state index in [1.165, 1.54) is 0 Å². The second-order valence-corrected chi connectivity index (χ2v) is 6.63. The first-order chi connectivity index (χ1) is 12.6. The molecule has 0 bridgehead atoms. The number of aromatic nitrogens is 4. The Bertz CT molecular complexity index is 1050. The van der Waals surface area contributed by atoms with Gasteiger partial charge in [0.25, 0.3) is 5.91 Å². The van der Waals surface area contributed by atoms with E-state index in [0.717, 1.165) is 26.6 Å². The van der Waals surface area contributed by atoms with Crippen molar-refractivity contribution in [3.63, 3.8) is 0 Å². The Morgan fingerprint density at radius 3 is 2.73 bits per heavy atom. The Balaban J connectivity index is 1.55. The SMILES string of the molecule is Cc1cc(-c2ccno2)sc1-c1ccc(NC(=O)c2onnc2C)nc1. The molecular formula is C17H13N5O3S. The maximum absolute atomic E-state index is 12.1. The minimum Gasteiger partial charge on any atom is -0.355 e. The van der Waals surface area contributed by atoms with Crippen LogP contribution in [-0.2, 0) is 0 Å². The number of nitrogens with one attached hydrogen (secondary N) is 1. The Labute approximate surface area is 151 Å². The average Bonchev–Trinajstić information content (AvgIpc) is 3.36. The minimum absolute atomic E-state index is 0.0710. The van der Waals surface area contributed by atoms with Crippen LogP contribution in [0.5, 0.6) is 0 Å². The van der Waals surface area contributed by atoms with Crippen molar-refractivity contribution in [2.75, 3.05) is 5.32 Å². The number of amides is 1. The zero-order valence-corrected chi connectivity index (χ0v) is 14.7. The van der Waals surface area contributed by atoms with E-state index in [-0.39, 0.29) is 5.76 Å². The lowest BCUT2D eigenvalue weighted by Gasteiger charge is -2.04. The highest BCUT2D eigenvalue weighted by molar-refractivity contribution is 7.19. The summed E-state index contributed by atoms with van der Waals surface area (Å²) in [6.45, 7) is 3.68. The molecule has 130 valence electrons. The summed E-state index contributed by atoms with van der Waals surface area (Å²) in [5.41, 5.74) is 2.49. The standard InChI is InChI=1S/C17H13N5O3S/c1-9-7-13(12-5-6-19-24-12)26-16(9)11-3-4-14(18-8-11)20-17(23)15-10(2)21-22-25-15/h3-8H,1-2H3,(H,18,20,23). The number of hydrogen-bond acceptors (Lipinski definition) is 8. The molecule has 0 fully saturated rings. The first-order valence-electron chi connectivity index (χ1n) is 7.70. The van der Waals surface area contributed by atoms with Gasteiger partial charge in [-0.15, -0.1) is 16.4 Å². The molecule has 0 aromatic carbocycles. The summed E-state index contributed by atoms with van der Waals surface area (Å²) in [6, 6.07) is 7.51.